The SMILES string of the molecule is CC[n+]1c(C=CN(C(C)=O)c2ccccc2)oc2c3ccccc3ccc21. The third-order valence-electron chi connectivity index (χ3n) is 4.68. The van der Waals surface area contributed by atoms with Gasteiger partial charge in [0.15, 0.2) is 0 Å². The van der Waals surface area contributed by atoms with Gasteiger partial charge >= 0.3 is 5.89 Å². The van der Waals surface area contributed by atoms with Crippen molar-refractivity contribution in [2.45, 2.75) is 20.4 Å². The Morgan fingerprint density at radius 1 is 1.04 bits per heavy atom. The lowest BCUT2D eigenvalue weighted by molar-refractivity contribution is -0.674. The minimum absolute atomic E-state index is 0.0536. The summed E-state index contributed by atoms with van der Waals surface area (Å²) >= 11 is 0. The number of nitrogens with zero attached hydrogens (tertiary/aromatic N) is 2. The summed E-state index contributed by atoms with van der Waals surface area (Å²) in [4.78, 5) is 13.7. The Bertz CT molecular complexity index is 1140. The molecule has 27 heavy (non-hydrogen) atoms. The van der Waals surface area contributed by atoms with Gasteiger partial charge in [-0.25, -0.2) is 0 Å². The number of carbonyl (C=O) groups excluding carboxylic acids is 1. The highest BCUT2D eigenvalue weighted by molar-refractivity contribution is 6.02. The Morgan fingerprint density at radius 2 is 1.78 bits per heavy atom. The summed E-state index contributed by atoms with van der Waals surface area (Å²) in [7, 11) is 0. The van der Waals surface area contributed by atoms with Crippen LogP contribution >= 0.6 is 0 Å². The molecule has 0 saturated carbocycles. The molecule has 0 aliphatic carbocycles. The number of rotatable bonds is 4. The first-order chi connectivity index (χ1) is 13.2. The average Bonchev–Trinajstić information content (AvgIpc) is 3.06. The Balaban J connectivity index is 1.82. The van der Waals surface area contributed by atoms with E-state index in [1.165, 1.54) is 0 Å². The van der Waals surface area contributed by atoms with Gasteiger partial charge in [0.25, 0.3) is 5.52 Å². The molecule has 134 valence electrons. The van der Waals surface area contributed by atoms with Crippen molar-refractivity contribution in [2.24, 2.45) is 0 Å². The standard InChI is InChI=1S/C23H21N2O2/c1-3-24-21-14-13-18-9-7-8-12-20(18)23(21)27-22(24)15-16-25(17(2)26)19-10-5-4-6-11-19/h4-16H,3H2,1-2H3/q+1. The Kier molecular flexibility index (Phi) is 4.47. The molecule has 0 fully saturated rings. The van der Waals surface area contributed by atoms with E-state index in [-0.39, 0.29) is 5.91 Å². The third kappa shape index (κ3) is 3.10. The van der Waals surface area contributed by atoms with Crippen molar-refractivity contribution < 1.29 is 13.8 Å². The minimum atomic E-state index is -0.0536. The van der Waals surface area contributed by atoms with Gasteiger partial charge in [-0.05, 0) is 30.5 Å². The molecule has 0 aliphatic heterocycles. The van der Waals surface area contributed by atoms with E-state index in [9.17, 15) is 4.79 Å². The lowest BCUT2D eigenvalue weighted by Crippen LogP contribution is -2.34. The van der Waals surface area contributed by atoms with Crippen molar-refractivity contribution in [3.05, 3.63) is 78.8 Å². The van der Waals surface area contributed by atoms with E-state index in [1.807, 2.05) is 48.5 Å². The highest BCUT2D eigenvalue weighted by Crippen LogP contribution is 2.25. The van der Waals surface area contributed by atoms with Crippen LogP contribution in [0.2, 0.25) is 0 Å². The number of amides is 1. The summed E-state index contributed by atoms with van der Waals surface area (Å²) in [6, 6.07) is 22.0. The largest absolute Gasteiger partial charge is 0.397 e. The van der Waals surface area contributed by atoms with E-state index in [2.05, 4.69) is 35.8 Å². The lowest BCUT2D eigenvalue weighted by atomic mass is 10.1. The number of aryl methyl sites for hydroxylation is 1. The maximum absolute atomic E-state index is 12.1. The van der Waals surface area contributed by atoms with Crippen LogP contribution in [0.25, 0.3) is 27.9 Å². The number of aromatic nitrogens is 1. The van der Waals surface area contributed by atoms with Crippen LogP contribution in [0.5, 0.6) is 0 Å². The summed E-state index contributed by atoms with van der Waals surface area (Å²) in [5, 5.41) is 2.23. The third-order valence-corrected chi connectivity index (χ3v) is 4.68. The molecule has 0 bridgehead atoms. The summed E-state index contributed by atoms with van der Waals surface area (Å²) < 4.78 is 8.32. The van der Waals surface area contributed by atoms with Crippen molar-refractivity contribution in [3.8, 4) is 0 Å². The molecule has 0 N–H and O–H groups in total. The quantitative estimate of drug-likeness (QED) is 0.486. The zero-order chi connectivity index (χ0) is 18.8. The van der Waals surface area contributed by atoms with Crippen LogP contribution in [0.4, 0.5) is 5.69 Å². The number of para-hydroxylation sites is 1. The predicted molar refractivity (Wildman–Crippen MR) is 108 cm³/mol. The molecule has 1 aromatic heterocycles. The van der Waals surface area contributed by atoms with Crippen LogP contribution in [-0.4, -0.2) is 5.91 Å². The van der Waals surface area contributed by atoms with Crippen molar-refractivity contribution in [1.82, 2.24) is 0 Å². The molecule has 0 unspecified atom stereocenters. The maximum atomic E-state index is 12.1. The Morgan fingerprint density at radius 3 is 2.52 bits per heavy atom. The molecule has 0 spiro atoms. The van der Waals surface area contributed by atoms with E-state index in [1.54, 1.807) is 18.0 Å². The maximum Gasteiger partial charge on any atom is 0.375 e. The molecule has 3 aromatic carbocycles. The monoisotopic (exact) mass is 357 g/mol. The smallest absolute Gasteiger partial charge is 0.375 e. The van der Waals surface area contributed by atoms with Crippen molar-refractivity contribution in [3.63, 3.8) is 0 Å². The Hall–Kier alpha value is -3.40. The molecule has 0 aliphatic rings. The summed E-state index contributed by atoms with van der Waals surface area (Å²) in [5.41, 5.74) is 2.74. The predicted octanol–water partition coefficient (Wildman–Crippen LogP) is 4.92. The van der Waals surface area contributed by atoms with E-state index in [0.717, 1.165) is 34.1 Å². The number of fused-ring (bicyclic) bond motifs is 3. The molecule has 0 atom stereocenters. The van der Waals surface area contributed by atoms with Crippen LogP contribution in [0, 0.1) is 0 Å². The summed E-state index contributed by atoms with van der Waals surface area (Å²) in [5.74, 6) is 0.660. The second kappa shape index (κ2) is 7.08. The fourth-order valence-electron chi connectivity index (χ4n) is 3.38. The van der Waals surface area contributed by atoms with Gasteiger partial charge in [0.05, 0.1) is 6.08 Å². The van der Waals surface area contributed by atoms with Crippen molar-refractivity contribution in [1.29, 1.82) is 0 Å². The molecular formula is C23H21N2O2+. The first kappa shape index (κ1) is 17.0. The van der Waals surface area contributed by atoms with Crippen LogP contribution in [0.1, 0.15) is 19.7 Å². The molecule has 0 radical (unpaired) electrons. The van der Waals surface area contributed by atoms with Crippen molar-refractivity contribution in [2.75, 3.05) is 4.90 Å². The lowest BCUT2D eigenvalue weighted by Gasteiger charge is -2.15. The normalized spacial score (nSPS) is 11.5. The van der Waals surface area contributed by atoms with Gasteiger partial charge in [0.1, 0.15) is 6.54 Å². The van der Waals surface area contributed by atoms with Gasteiger partial charge < -0.3 is 4.42 Å². The average molecular weight is 357 g/mol. The number of carbonyl (C=O) groups is 1. The molecule has 4 nitrogen and oxygen atoms in total. The number of anilines is 1. The zero-order valence-corrected chi connectivity index (χ0v) is 15.4. The highest BCUT2D eigenvalue weighted by atomic mass is 16.4. The topological polar surface area (TPSA) is 37.3 Å². The summed E-state index contributed by atoms with van der Waals surface area (Å²) in [6.45, 7) is 4.41. The zero-order valence-electron chi connectivity index (χ0n) is 15.4. The fraction of sp³-hybridized carbons (Fsp3) is 0.130. The van der Waals surface area contributed by atoms with Gasteiger partial charge in [0, 0.05) is 30.3 Å². The minimum Gasteiger partial charge on any atom is -0.397 e. The number of oxazole rings is 1. The van der Waals surface area contributed by atoms with E-state index in [4.69, 9.17) is 4.42 Å². The van der Waals surface area contributed by atoms with E-state index < -0.39 is 0 Å². The van der Waals surface area contributed by atoms with Gasteiger partial charge in [-0.1, -0.05) is 42.5 Å². The second-order valence-electron chi connectivity index (χ2n) is 6.36. The first-order valence-corrected chi connectivity index (χ1v) is 9.06. The fourth-order valence-corrected chi connectivity index (χ4v) is 3.38. The molecule has 4 rings (SSSR count). The van der Waals surface area contributed by atoms with Gasteiger partial charge in [-0.15, -0.1) is 0 Å². The van der Waals surface area contributed by atoms with E-state index in [0.29, 0.717) is 5.89 Å². The Labute approximate surface area is 157 Å². The van der Waals surface area contributed by atoms with Crippen LogP contribution < -0.4 is 9.47 Å². The molecule has 1 heterocycles. The number of hydrogen-bond acceptors (Lipinski definition) is 2. The number of benzene rings is 3. The van der Waals surface area contributed by atoms with Crippen LogP contribution in [0.3, 0.4) is 0 Å². The molecule has 1 amide bonds. The highest BCUT2D eigenvalue weighted by Gasteiger charge is 2.21. The molecule has 4 heteroatoms. The second-order valence-corrected chi connectivity index (χ2v) is 6.36. The van der Waals surface area contributed by atoms with Crippen LogP contribution in [-0.2, 0) is 11.3 Å². The first-order valence-electron chi connectivity index (χ1n) is 9.06. The van der Waals surface area contributed by atoms with E-state index >= 15 is 0 Å². The molecular weight excluding hydrogens is 336 g/mol. The number of hydrogen-bond donors (Lipinski definition) is 0. The van der Waals surface area contributed by atoms with Gasteiger partial charge in [-0.2, -0.15) is 4.57 Å². The molecule has 0 saturated heterocycles. The van der Waals surface area contributed by atoms with Gasteiger partial charge in [0.2, 0.25) is 11.5 Å². The molecule has 4 aromatic rings. The van der Waals surface area contributed by atoms with Gasteiger partial charge in [-0.3, -0.25) is 9.69 Å². The van der Waals surface area contributed by atoms with Crippen molar-refractivity contribution >= 4 is 39.5 Å². The van der Waals surface area contributed by atoms with Crippen LogP contribution in [0.15, 0.2) is 77.3 Å². The summed E-state index contributed by atoms with van der Waals surface area (Å²) in [6.07, 6.45) is 3.62.